The van der Waals surface area contributed by atoms with Gasteiger partial charge in [-0.25, -0.2) is 0 Å². The van der Waals surface area contributed by atoms with Crippen molar-refractivity contribution in [3.63, 3.8) is 0 Å². The highest BCUT2D eigenvalue weighted by Crippen LogP contribution is 2.17. The van der Waals surface area contributed by atoms with Gasteiger partial charge in [-0.2, -0.15) is 0 Å². The summed E-state index contributed by atoms with van der Waals surface area (Å²) in [6, 6.07) is 0. The largest absolute Gasteiger partial charge is 0.462 e. The van der Waals surface area contributed by atoms with Crippen LogP contribution in [0.25, 0.3) is 0 Å². The van der Waals surface area contributed by atoms with Gasteiger partial charge in [0.15, 0.2) is 6.10 Å². The van der Waals surface area contributed by atoms with Crippen molar-refractivity contribution in [1.29, 1.82) is 0 Å². The lowest BCUT2D eigenvalue weighted by Crippen LogP contribution is -2.30. The Hall–Kier alpha value is -3.15. The fraction of sp³-hybridized carbons (Fsp3) is 0.795. The van der Waals surface area contributed by atoms with E-state index in [1.807, 2.05) is 0 Å². The summed E-state index contributed by atoms with van der Waals surface area (Å²) in [5.74, 6) is -0.876. The summed E-state index contributed by atoms with van der Waals surface area (Å²) in [6.07, 6.45) is 87.8. The van der Waals surface area contributed by atoms with E-state index in [9.17, 15) is 14.4 Å². The van der Waals surface area contributed by atoms with Gasteiger partial charge in [0.05, 0.1) is 0 Å². The minimum absolute atomic E-state index is 0.0783. The topological polar surface area (TPSA) is 78.9 Å². The Morgan fingerprint density at radius 2 is 0.468 bits per heavy atom. The highest BCUT2D eigenvalue weighted by Gasteiger charge is 2.19. The molecule has 0 saturated carbocycles. The molecule has 79 heavy (non-hydrogen) atoms. The first-order valence-corrected chi connectivity index (χ1v) is 34.4. The number of unbranched alkanes of at least 4 members (excludes halogenated alkanes) is 40. The van der Waals surface area contributed by atoms with Gasteiger partial charge in [0.1, 0.15) is 13.2 Å². The maximum Gasteiger partial charge on any atom is 0.306 e. The normalized spacial score (nSPS) is 12.5. The molecular weight excluding hydrogens is 973 g/mol. The lowest BCUT2D eigenvalue weighted by molar-refractivity contribution is -0.167. The van der Waals surface area contributed by atoms with E-state index in [0.29, 0.717) is 19.3 Å². The van der Waals surface area contributed by atoms with Crippen LogP contribution in [0.3, 0.4) is 0 Å². The van der Waals surface area contributed by atoms with Crippen LogP contribution >= 0.6 is 0 Å². The van der Waals surface area contributed by atoms with E-state index in [1.165, 1.54) is 231 Å². The van der Waals surface area contributed by atoms with Crippen LogP contribution in [0.5, 0.6) is 0 Å². The molecule has 6 nitrogen and oxygen atoms in total. The monoisotopic (exact) mass is 1100 g/mol. The van der Waals surface area contributed by atoms with Crippen molar-refractivity contribution in [1.82, 2.24) is 0 Å². The highest BCUT2D eigenvalue weighted by atomic mass is 16.6. The average Bonchev–Trinajstić information content (AvgIpc) is 3.45. The van der Waals surface area contributed by atoms with Crippen molar-refractivity contribution < 1.29 is 28.6 Å². The molecule has 0 aromatic heterocycles. The number of carbonyl (C=O) groups is 3. The molecule has 0 bridgehead atoms. The fourth-order valence-corrected chi connectivity index (χ4v) is 9.93. The molecule has 6 heteroatoms. The second kappa shape index (κ2) is 67.4. The second-order valence-electron chi connectivity index (χ2n) is 23.1. The van der Waals surface area contributed by atoms with Crippen molar-refractivity contribution in [2.45, 2.75) is 361 Å². The van der Waals surface area contributed by atoms with Crippen LogP contribution in [0.4, 0.5) is 0 Å². The molecule has 458 valence electrons. The third kappa shape index (κ3) is 65.5. The number of ether oxygens (including phenoxy) is 3. The van der Waals surface area contributed by atoms with Crippen LogP contribution in [0.15, 0.2) is 72.9 Å². The first-order valence-electron chi connectivity index (χ1n) is 34.4. The van der Waals surface area contributed by atoms with Crippen molar-refractivity contribution >= 4 is 17.9 Å². The van der Waals surface area contributed by atoms with Crippen LogP contribution in [0.1, 0.15) is 355 Å². The Labute approximate surface area is 491 Å². The summed E-state index contributed by atoms with van der Waals surface area (Å²) in [6.45, 7) is 6.61. The molecule has 0 amide bonds. The lowest BCUT2D eigenvalue weighted by atomic mass is 10.0. The molecule has 0 radical (unpaired) electrons. The lowest BCUT2D eigenvalue weighted by Gasteiger charge is -2.18. The summed E-state index contributed by atoms with van der Waals surface area (Å²) in [5.41, 5.74) is 0. The molecule has 0 fully saturated rings. The van der Waals surface area contributed by atoms with Crippen LogP contribution in [-0.4, -0.2) is 37.2 Å². The Kier molecular flexibility index (Phi) is 64.7. The standard InChI is InChI=1S/C73H130O6/c1-4-7-10-13-16-19-22-24-26-28-30-32-34-36-38-40-42-44-46-48-51-54-57-60-63-66-72(75)78-69-70(68-77-71(74)65-62-59-56-53-50-21-18-15-12-9-6-3)79-73(76)67-64-61-58-55-52-49-47-45-43-41-39-37-35-33-31-29-27-25-23-20-17-14-11-8-5-2/h15,18,22-25,28-31,34,36,70H,4-14,16-17,19-21,26-27,32-33,35,37-69H2,1-3H3/b18-15-,24-22-,25-23-,30-28-,31-29-,36-34-. The van der Waals surface area contributed by atoms with E-state index in [2.05, 4.69) is 93.7 Å². The maximum atomic E-state index is 12.9. The zero-order valence-corrected chi connectivity index (χ0v) is 52.6. The number of hydrogen-bond donors (Lipinski definition) is 0. The smallest absolute Gasteiger partial charge is 0.306 e. The number of carbonyl (C=O) groups excluding carboxylic acids is 3. The molecule has 0 spiro atoms. The second-order valence-corrected chi connectivity index (χ2v) is 23.1. The van der Waals surface area contributed by atoms with Crippen molar-refractivity contribution in [2.75, 3.05) is 13.2 Å². The number of allylic oxidation sites excluding steroid dienone is 12. The van der Waals surface area contributed by atoms with Crippen LogP contribution < -0.4 is 0 Å². The van der Waals surface area contributed by atoms with Crippen molar-refractivity contribution in [3.05, 3.63) is 72.9 Å². The summed E-state index contributed by atoms with van der Waals surface area (Å²) in [7, 11) is 0. The molecule has 0 saturated heterocycles. The zero-order chi connectivity index (χ0) is 57.1. The summed E-state index contributed by atoms with van der Waals surface area (Å²) >= 11 is 0. The molecule has 1 unspecified atom stereocenters. The molecule has 0 aromatic rings. The minimum Gasteiger partial charge on any atom is -0.462 e. The Bertz CT molecular complexity index is 1450. The molecule has 0 aliphatic rings. The first kappa shape index (κ1) is 75.8. The minimum atomic E-state index is -0.781. The van der Waals surface area contributed by atoms with Crippen molar-refractivity contribution in [3.8, 4) is 0 Å². The zero-order valence-electron chi connectivity index (χ0n) is 52.6. The molecule has 0 aliphatic heterocycles. The molecular formula is C73H130O6. The predicted octanol–water partition coefficient (Wildman–Crippen LogP) is 23.7. The summed E-state index contributed by atoms with van der Waals surface area (Å²) in [5, 5.41) is 0. The van der Waals surface area contributed by atoms with E-state index in [4.69, 9.17) is 14.2 Å². The predicted molar refractivity (Wildman–Crippen MR) is 344 cm³/mol. The van der Waals surface area contributed by atoms with Crippen LogP contribution in [0.2, 0.25) is 0 Å². The first-order chi connectivity index (χ1) is 39.0. The Morgan fingerprint density at radius 3 is 0.759 bits per heavy atom. The third-order valence-corrected chi connectivity index (χ3v) is 15.2. The third-order valence-electron chi connectivity index (χ3n) is 15.2. The Balaban J connectivity index is 4.24. The van der Waals surface area contributed by atoms with E-state index >= 15 is 0 Å². The molecule has 1 atom stereocenters. The van der Waals surface area contributed by atoms with Gasteiger partial charge in [-0.05, 0) is 109 Å². The van der Waals surface area contributed by atoms with Gasteiger partial charge in [0.2, 0.25) is 0 Å². The van der Waals surface area contributed by atoms with Crippen LogP contribution in [-0.2, 0) is 28.6 Å². The van der Waals surface area contributed by atoms with E-state index in [0.717, 1.165) is 83.5 Å². The van der Waals surface area contributed by atoms with Gasteiger partial charge in [-0.3, -0.25) is 14.4 Å². The van der Waals surface area contributed by atoms with E-state index < -0.39 is 6.10 Å². The van der Waals surface area contributed by atoms with Gasteiger partial charge in [0, 0.05) is 19.3 Å². The molecule has 0 rings (SSSR count). The van der Waals surface area contributed by atoms with Gasteiger partial charge >= 0.3 is 17.9 Å². The van der Waals surface area contributed by atoms with Crippen LogP contribution in [0, 0.1) is 0 Å². The van der Waals surface area contributed by atoms with Gasteiger partial charge < -0.3 is 14.2 Å². The highest BCUT2D eigenvalue weighted by molar-refractivity contribution is 5.71. The number of hydrogen-bond acceptors (Lipinski definition) is 6. The summed E-state index contributed by atoms with van der Waals surface area (Å²) in [4.78, 5) is 38.3. The number of rotatable bonds is 63. The SMILES string of the molecule is CCCC/C=C\CCCCCCCC(=O)OCC(COC(=O)CCCCCCCCCCCC/C=C\C/C=C\C/C=C\CCCCCCC)OC(=O)CCCCCCCCCCCCCCC/C=C\C/C=C\CCCCCCC. The average molecular weight is 1100 g/mol. The van der Waals surface area contributed by atoms with Crippen molar-refractivity contribution in [2.24, 2.45) is 0 Å². The Morgan fingerprint density at radius 1 is 0.253 bits per heavy atom. The molecule has 0 aromatic carbocycles. The van der Waals surface area contributed by atoms with E-state index in [1.54, 1.807) is 0 Å². The number of esters is 3. The van der Waals surface area contributed by atoms with Gasteiger partial charge in [-0.1, -0.05) is 299 Å². The fourth-order valence-electron chi connectivity index (χ4n) is 9.93. The quantitative estimate of drug-likeness (QED) is 0.0261. The van der Waals surface area contributed by atoms with E-state index in [-0.39, 0.29) is 31.1 Å². The maximum absolute atomic E-state index is 12.9. The molecule has 0 N–H and O–H groups in total. The van der Waals surface area contributed by atoms with Gasteiger partial charge in [0.25, 0.3) is 0 Å². The van der Waals surface area contributed by atoms with Gasteiger partial charge in [-0.15, -0.1) is 0 Å². The summed E-state index contributed by atoms with van der Waals surface area (Å²) < 4.78 is 16.9. The molecule has 0 aliphatic carbocycles. The molecule has 0 heterocycles.